The maximum Gasteiger partial charge on any atom is 0.0562 e. The highest BCUT2D eigenvalue weighted by Gasteiger charge is 2.22. The molecular formula is C52H36N2. The zero-order chi connectivity index (χ0) is 35.8. The van der Waals surface area contributed by atoms with Crippen LogP contribution in [-0.4, -0.2) is 4.57 Å². The number of fused-ring (bicyclic) bond motifs is 4. The molecule has 0 unspecified atom stereocenters. The van der Waals surface area contributed by atoms with Crippen molar-refractivity contribution in [2.24, 2.45) is 0 Å². The molecule has 2 nitrogen and oxygen atoms in total. The fourth-order valence-electron chi connectivity index (χ4n) is 8.20. The summed E-state index contributed by atoms with van der Waals surface area (Å²) in [5, 5.41) is 4.91. The van der Waals surface area contributed by atoms with E-state index in [0.29, 0.717) is 0 Å². The number of benzene rings is 9. The normalized spacial score (nSPS) is 11.3. The number of nitrogens with zero attached hydrogens (tertiary/aromatic N) is 2. The molecule has 10 rings (SSSR count). The third kappa shape index (κ3) is 5.36. The van der Waals surface area contributed by atoms with Gasteiger partial charge < -0.3 is 9.47 Å². The Hall–Kier alpha value is -7.16. The van der Waals surface area contributed by atoms with Gasteiger partial charge in [-0.15, -0.1) is 0 Å². The van der Waals surface area contributed by atoms with Gasteiger partial charge in [0.2, 0.25) is 0 Å². The molecule has 0 aliphatic heterocycles. The Morgan fingerprint density at radius 1 is 0.315 bits per heavy atom. The van der Waals surface area contributed by atoms with Gasteiger partial charge in [-0.2, -0.15) is 0 Å². The van der Waals surface area contributed by atoms with Crippen molar-refractivity contribution in [1.82, 2.24) is 4.57 Å². The fourth-order valence-corrected chi connectivity index (χ4v) is 8.20. The van der Waals surface area contributed by atoms with E-state index in [9.17, 15) is 0 Å². The van der Waals surface area contributed by atoms with Crippen LogP contribution in [0.4, 0.5) is 17.1 Å². The van der Waals surface area contributed by atoms with Crippen molar-refractivity contribution in [3.8, 4) is 39.1 Å². The maximum atomic E-state index is 2.46. The summed E-state index contributed by atoms with van der Waals surface area (Å²) in [5.41, 5.74) is 14.1. The first-order valence-electron chi connectivity index (χ1n) is 18.5. The van der Waals surface area contributed by atoms with Crippen molar-refractivity contribution in [3.63, 3.8) is 0 Å². The minimum absolute atomic E-state index is 1.10. The summed E-state index contributed by atoms with van der Waals surface area (Å²) in [7, 11) is 0. The van der Waals surface area contributed by atoms with Crippen LogP contribution in [-0.2, 0) is 0 Å². The Morgan fingerprint density at radius 2 is 0.833 bits per heavy atom. The molecule has 0 aliphatic carbocycles. The molecule has 254 valence electrons. The van der Waals surface area contributed by atoms with Crippen LogP contribution >= 0.6 is 0 Å². The molecule has 0 saturated carbocycles. The third-order valence-corrected chi connectivity index (χ3v) is 10.6. The van der Waals surface area contributed by atoms with Gasteiger partial charge in [-0.25, -0.2) is 0 Å². The van der Waals surface area contributed by atoms with Crippen molar-refractivity contribution in [3.05, 3.63) is 218 Å². The minimum Gasteiger partial charge on any atom is -0.310 e. The van der Waals surface area contributed by atoms with E-state index in [1.54, 1.807) is 0 Å². The molecule has 10 aromatic rings. The van der Waals surface area contributed by atoms with Crippen LogP contribution in [0.15, 0.2) is 218 Å². The Kier molecular flexibility index (Phi) is 7.85. The topological polar surface area (TPSA) is 8.17 Å². The smallest absolute Gasteiger partial charge is 0.0562 e. The number of rotatable bonds is 7. The summed E-state index contributed by atoms with van der Waals surface area (Å²) in [6, 6.07) is 78.8. The fraction of sp³-hybridized carbons (Fsp3) is 0. The van der Waals surface area contributed by atoms with Crippen molar-refractivity contribution < 1.29 is 0 Å². The molecule has 2 heteroatoms. The van der Waals surface area contributed by atoms with Crippen LogP contribution < -0.4 is 4.90 Å². The van der Waals surface area contributed by atoms with E-state index >= 15 is 0 Å². The SMILES string of the molecule is c1ccc(-c2ccccc2-c2ccc(N(c3ccccc3)c3cccc4c3c3ccccc3n4-c3ccccc3-c3cccc4ccccc34)cc2)cc1. The van der Waals surface area contributed by atoms with Gasteiger partial charge in [0, 0.05) is 27.7 Å². The molecule has 0 saturated heterocycles. The molecule has 0 radical (unpaired) electrons. The molecule has 1 aromatic heterocycles. The molecular weight excluding hydrogens is 653 g/mol. The number of hydrogen-bond acceptors (Lipinski definition) is 1. The predicted molar refractivity (Wildman–Crippen MR) is 229 cm³/mol. The summed E-state index contributed by atoms with van der Waals surface area (Å²) in [6.07, 6.45) is 0. The second-order valence-corrected chi connectivity index (χ2v) is 13.7. The molecule has 54 heavy (non-hydrogen) atoms. The van der Waals surface area contributed by atoms with Crippen molar-refractivity contribution >= 4 is 49.6 Å². The molecule has 0 spiro atoms. The van der Waals surface area contributed by atoms with Crippen molar-refractivity contribution in [2.45, 2.75) is 0 Å². The summed E-state index contributed by atoms with van der Waals surface area (Å²) in [5.74, 6) is 0. The molecule has 0 amide bonds. The van der Waals surface area contributed by atoms with Crippen LogP contribution in [0.3, 0.4) is 0 Å². The maximum absolute atomic E-state index is 2.46. The Bertz CT molecular complexity index is 2920. The van der Waals surface area contributed by atoms with Gasteiger partial charge in [0.25, 0.3) is 0 Å². The van der Waals surface area contributed by atoms with Gasteiger partial charge in [0.15, 0.2) is 0 Å². The lowest BCUT2D eigenvalue weighted by Gasteiger charge is -2.27. The lowest BCUT2D eigenvalue weighted by atomic mass is 9.94. The van der Waals surface area contributed by atoms with E-state index in [4.69, 9.17) is 0 Å². The summed E-state index contributed by atoms with van der Waals surface area (Å²) < 4.78 is 2.46. The van der Waals surface area contributed by atoms with E-state index in [1.165, 1.54) is 60.4 Å². The molecule has 0 fully saturated rings. The van der Waals surface area contributed by atoms with Gasteiger partial charge >= 0.3 is 0 Å². The summed E-state index contributed by atoms with van der Waals surface area (Å²) in [6.45, 7) is 0. The van der Waals surface area contributed by atoms with Crippen molar-refractivity contribution in [2.75, 3.05) is 4.90 Å². The van der Waals surface area contributed by atoms with Crippen LogP contribution in [0.1, 0.15) is 0 Å². The van der Waals surface area contributed by atoms with Gasteiger partial charge in [0.1, 0.15) is 0 Å². The van der Waals surface area contributed by atoms with Crippen molar-refractivity contribution in [1.29, 1.82) is 0 Å². The number of anilines is 3. The van der Waals surface area contributed by atoms with Gasteiger partial charge in [-0.05, 0) is 87.1 Å². The minimum atomic E-state index is 1.10. The summed E-state index contributed by atoms with van der Waals surface area (Å²) in [4.78, 5) is 2.41. The van der Waals surface area contributed by atoms with Crippen LogP contribution in [0.25, 0.3) is 71.6 Å². The Labute approximate surface area is 315 Å². The van der Waals surface area contributed by atoms with Gasteiger partial charge in [-0.1, -0.05) is 170 Å². The number of hydrogen-bond donors (Lipinski definition) is 0. The molecule has 0 aliphatic rings. The number of aromatic nitrogens is 1. The van der Waals surface area contributed by atoms with Gasteiger partial charge in [0.05, 0.1) is 22.4 Å². The molecule has 1 heterocycles. The summed E-state index contributed by atoms with van der Waals surface area (Å²) >= 11 is 0. The van der Waals surface area contributed by atoms with Crippen LogP contribution in [0, 0.1) is 0 Å². The first kappa shape index (κ1) is 31.6. The van der Waals surface area contributed by atoms with E-state index in [-0.39, 0.29) is 0 Å². The predicted octanol–water partition coefficient (Wildman–Crippen LogP) is 14.4. The first-order valence-corrected chi connectivity index (χ1v) is 18.5. The average molecular weight is 689 g/mol. The molecule has 0 N–H and O–H groups in total. The lowest BCUT2D eigenvalue weighted by molar-refractivity contribution is 1.18. The monoisotopic (exact) mass is 688 g/mol. The van der Waals surface area contributed by atoms with E-state index in [2.05, 4.69) is 228 Å². The highest BCUT2D eigenvalue weighted by molar-refractivity contribution is 6.17. The average Bonchev–Trinajstić information content (AvgIpc) is 3.59. The Balaban J connectivity index is 1.17. The second-order valence-electron chi connectivity index (χ2n) is 13.7. The first-order chi connectivity index (χ1) is 26.8. The number of para-hydroxylation sites is 3. The second kappa shape index (κ2) is 13.4. The molecule has 0 atom stereocenters. The van der Waals surface area contributed by atoms with E-state index in [0.717, 1.165) is 28.3 Å². The molecule has 0 bridgehead atoms. The largest absolute Gasteiger partial charge is 0.310 e. The van der Waals surface area contributed by atoms with E-state index in [1.807, 2.05) is 0 Å². The standard InChI is InChI=1S/C52H36N2/c1-3-17-37(18-4-1)42-23-9-10-24-43(42)39-33-35-41(36-34-39)53(40-21-5-2-6-22-40)50-31-16-32-51-52(50)47-27-12-14-30-49(47)54(51)48-29-13-11-26-46(48)45-28-15-20-38-19-7-8-25-44(38)45/h1-36H. The highest BCUT2D eigenvalue weighted by atomic mass is 15.1. The van der Waals surface area contributed by atoms with Crippen LogP contribution in [0.5, 0.6) is 0 Å². The highest BCUT2D eigenvalue weighted by Crippen LogP contribution is 2.45. The lowest BCUT2D eigenvalue weighted by Crippen LogP contribution is -2.10. The Morgan fingerprint density at radius 3 is 1.61 bits per heavy atom. The van der Waals surface area contributed by atoms with Crippen LogP contribution in [0.2, 0.25) is 0 Å². The quantitative estimate of drug-likeness (QED) is 0.162. The third-order valence-electron chi connectivity index (χ3n) is 10.6. The zero-order valence-corrected chi connectivity index (χ0v) is 29.7. The van der Waals surface area contributed by atoms with E-state index < -0.39 is 0 Å². The van der Waals surface area contributed by atoms with Gasteiger partial charge in [-0.3, -0.25) is 0 Å². The molecule has 9 aromatic carbocycles. The zero-order valence-electron chi connectivity index (χ0n) is 29.7.